The monoisotopic (exact) mass is 355 g/mol. The first-order valence-corrected chi connectivity index (χ1v) is 7.64. The van der Waals surface area contributed by atoms with Crippen molar-refractivity contribution in [3.63, 3.8) is 0 Å². The van der Waals surface area contributed by atoms with Crippen LogP contribution in [0.2, 0.25) is 10.0 Å². The van der Waals surface area contributed by atoms with E-state index in [1.54, 1.807) is 38.1 Å². The van der Waals surface area contributed by atoms with Crippen molar-refractivity contribution in [3.8, 4) is 5.69 Å². The van der Waals surface area contributed by atoms with E-state index < -0.39 is 17.9 Å². The summed E-state index contributed by atoms with van der Waals surface area (Å²) in [6.45, 7) is 3.44. The molecule has 6 nitrogen and oxygen atoms in total. The Hall–Kier alpha value is -2.05. The van der Waals surface area contributed by atoms with E-state index >= 15 is 0 Å². The Morgan fingerprint density at radius 2 is 2.04 bits per heavy atom. The highest BCUT2D eigenvalue weighted by atomic mass is 35.5. The van der Waals surface area contributed by atoms with Crippen molar-refractivity contribution in [2.75, 3.05) is 0 Å². The number of rotatable bonds is 5. The van der Waals surface area contributed by atoms with Crippen LogP contribution >= 0.6 is 23.2 Å². The van der Waals surface area contributed by atoms with E-state index in [4.69, 9.17) is 28.3 Å². The van der Waals surface area contributed by atoms with Crippen LogP contribution in [0.3, 0.4) is 0 Å². The van der Waals surface area contributed by atoms with Crippen LogP contribution in [-0.2, 0) is 4.79 Å². The van der Waals surface area contributed by atoms with Crippen LogP contribution in [0.15, 0.2) is 24.3 Å². The van der Waals surface area contributed by atoms with Crippen LogP contribution in [-0.4, -0.2) is 32.8 Å². The van der Waals surface area contributed by atoms with E-state index in [1.807, 2.05) is 0 Å². The molecule has 0 radical (unpaired) electrons. The number of carbonyl (C=O) groups is 2. The van der Waals surface area contributed by atoms with E-state index in [1.165, 1.54) is 4.68 Å². The lowest BCUT2D eigenvalue weighted by Crippen LogP contribution is -2.40. The second kappa shape index (κ2) is 7.02. The molecule has 0 aliphatic rings. The fourth-order valence-corrected chi connectivity index (χ4v) is 2.54. The molecule has 0 aliphatic heterocycles. The van der Waals surface area contributed by atoms with E-state index in [2.05, 4.69) is 10.4 Å². The first kappa shape index (κ1) is 17.3. The zero-order valence-electron chi connectivity index (χ0n) is 12.5. The average Bonchev–Trinajstić information content (AvgIpc) is 2.86. The van der Waals surface area contributed by atoms with Gasteiger partial charge in [0.25, 0.3) is 5.91 Å². The van der Waals surface area contributed by atoms with Crippen LogP contribution < -0.4 is 5.32 Å². The van der Waals surface area contributed by atoms with E-state index in [-0.39, 0.29) is 12.1 Å². The van der Waals surface area contributed by atoms with Crippen molar-refractivity contribution in [2.24, 2.45) is 0 Å². The molecule has 2 aromatic rings. The third-order valence-corrected chi connectivity index (χ3v) is 3.81. The minimum absolute atomic E-state index is 0.119. The SMILES string of the molecule is CCC(NC(=O)c1cc(C)n(-c2ccc(Cl)cc2Cl)n1)C(=O)O. The molecule has 2 N–H and O–H groups in total. The van der Waals surface area contributed by atoms with Gasteiger partial charge in [0.2, 0.25) is 0 Å². The van der Waals surface area contributed by atoms with Gasteiger partial charge in [-0.3, -0.25) is 4.79 Å². The number of carbonyl (C=O) groups excluding carboxylic acids is 1. The van der Waals surface area contributed by atoms with Crippen LogP contribution in [0, 0.1) is 6.92 Å². The Balaban J connectivity index is 2.30. The number of halogens is 2. The van der Waals surface area contributed by atoms with Gasteiger partial charge in [0.1, 0.15) is 6.04 Å². The smallest absolute Gasteiger partial charge is 0.326 e. The number of hydrogen-bond donors (Lipinski definition) is 2. The molecule has 0 fully saturated rings. The van der Waals surface area contributed by atoms with E-state index in [9.17, 15) is 9.59 Å². The van der Waals surface area contributed by atoms with Gasteiger partial charge in [-0.05, 0) is 37.6 Å². The maximum absolute atomic E-state index is 12.1. The minimum atomic E-state index is -1.09. The Bertz CT molecular complexity index is 758. The number of hydrogen-bond acceptors (Lipinski definition) is 3. The third kappa shape index (κ3) is 3.83. The molecule has 1 heterocycles. The summed E-state index contributed by atoms with van der Waals surface area (Å²) in [5, 5.41) is 16.5. The Morgan fingerprint density at radius 3 is 2.61 bits per heavy atom. The fourth-order valence-electron chi connectivity index (χ4n) is 2.05. The van der Waals surface area contributed by atoms with Crippen molar-refractivity contribution < 1.29 is 14.7 Å². The van der Waals surface area contributed by atoms with Crippen LogP contribution in [0.25, 0.3) is 5.69 Å². The van der Waals surface area contributed by atoms with Gasteiger partial charge in [0.05, 0.1) is 10.7 Å². The molecular formula is C15H15Cl2N3O3. The molecule has 1 aromatic carbocycles. The second-order valence-corrected chi connectivity index (χ2v) is 5.79. The molecule has 0 saturated carbocycles. The molecule has 1 amide bonds. The maximum atomic E-state index is 12.1. The van der Waals surface area contributed by atoms with Crippen molar-refractivity contribution in [1.29, 1.82) is 0 Å². The molecule has 1 unspecified atom stereocenters. The first-order valence-electron chi connectivity index (χ1n) is 6.89. The quantitative estimate of drug-likeness (QED) is 0.862. The van der Waals surface area contributed by atoms with Crippen LogP contribution in [0.5, 0.6) is 0 Å². The molecule has 0 aliphatic carbocycles. The molecule has 0 spiro atoms. The normalized spacial score (nSPS) is 12.0. The summed E-state index contributed by atoms with van der Waals surface area (Å²) in [5.74, 6) is -1.64. The minimum Gasteiger partial charge on any atom is -0.480 e. The second-order valence-electron chi connectivity index (χ2n) is 4.95. The molecule has 1 aromatic heterocycles. The maximum Gasteiger partial charge on any atom is 0.326 e. The molecule has 8 heteroatoms. The lowest BCUT2D eigenvalue weighted by atomic mass is 10.2. The van der Waals surface area contributed by atoms with Gasteiger partial charge in [0.15, 0.2) is 5.69 Å². The van der Waals surface area contributed by atoms with Gasteiger partial charge >= 0.3 is 5.97 Å². The summed E-state index contributed by atoms with van der Waals surface area (Å²) in [6, 6.07) is 5.55. The number of amides is 1. The number of nitrogens with one attached hydrogen (secondary N) is 1. The highest BCUT2D eigenvalue weighted by molar-refractivity contribution is 6.35. The first-order chi connectivity index (χ1) is 10.8. The molecule has 0 saturated heterocycles. The van der Waals surface area contributed by atoms with Crippen molar-refractivity contribution >= 4 is 35.1 Å². The lowest BCUT2D eigenvalue weighted by Gasteiger charge is -2.10. The number of nitrogens with zero attached hydrogens (tertiary/aromatic N) is 2. The fraction of sp³-hybridized carbons (Fsp3) is 0.267. The third-order valence-electron chi connectivity index (χ3n) is 3.27. The highest BCUT2D eigenvalue weighted by Gasteiger charge is 2.21. The largest absolute Gasteiger partial charge is 0.480 e. The number of carboxylic acids is 1. The topological polar surface area (TPSA) is 84.2 Å². The highest BCUT2D eigenvalue weighted by Crippen LogP contribution is 2.25. The number of carboxylic acid groups (broad SMARTS) is 1. The molecule has 122 valence electrons. The number of aryl methyl sites for hydroxylation is 1. The zero-order chi connectivity index (χ0) is 17.1. The van der Waals surface area contributed by atoms with Gasteiger partial charge < -0.3 is 10.4 Å². The summed E-state index contributed by atoms with van der Waals surface area (Å²) in [6.07, 6.45) is 0.282. The summed E-state index contributed by atoms with van der Waals surface area (Å²) in [5.41, 5.74) is 1.38. The number of aliphatic carboxylic acids is 1. The van der Waals surface area contributed by atoms with Gasteiger partial charge in [-0.15, -0.1) is 0 Å². The zero-order valence-corrected chi connectivity index (χ0v) is 14.0. The summed E-state index contributed by atoms with van der Waals surface area (Å²) < 4.78 is 1.51. The van der Waals surface area contributed by atoms with Gasteiger partial charge in [-0.2, -0.15) is 5.10 Å². The van der Waals surface area contributed by atoms with Gasteiger partial charge in [-0.25, -0.2) is 9.48 Å². The molecule has 0 bridgehead atoms. The standard InChI is InChI=1S/C15H15Cl2N3O3/c1-3-11(15(22)23)18-14(21)12-6-8(2)20(19-12)13-5-4-9(16)7-10(13)17/h4-7,11H,3H2,1-2H3,(H,18,21)(H,22,23). The molecule has 1 atom stereocenters. The van der Waals surface area contributed by atoms with Crippen LogP contribution in [0.4, 0.5) is 0 Å². The Labute approximate surface area is 143 Å². The molecular weight excluding hydrogens is 341 g/mol. The lowest BCUT2D eigenvalue weighted by molar-refractivity contribution is -0.139. The molecule has 2 rings (SSSR count). The molecule has 23 heavy (non-hydrogen) atoms. The van der Waals surface area contributed by atoms with Crippen molar-refractivity contribution in [2.45, 2.75) is 26.3 Å². The number of aromatic nitrogens is 2. The van der Waals surface area contributed by atoms with Crippen molar-refractivity contribution in [3.05, 3.63) is 45.7 Å². The predicted molar refractivity (Wildman–Crippen MR) is 87.5 cm³/mol. The Morgan fingerprint density at radius 1 is 1.35 bits per heavy atom. The number of benzene rings is 1. The summed E-state index contributed by atoms with van der Waals surface area (Å²) in [4.78, 5) is 23.1. The van der Waals surface area contributed by atoms with E-state index in [0.29, 0.717) is 21.4 Å². The predicted octanol–water partition coefficient (Wildman–Crippen LogP) is 3.08. The summed E-state index contributed by atoms with van der Waals surface area (Å²) >= 11 is 12.0. The average molecular weight is 356 g/mol. The van der Waals surface area contributed by atoms with Gasteiger partial charge in [-0.1, -0.05) is 30.1 Å². The summed E-state index contributed by atoms with van der Waals surface area (Å²) in [7, 11) is 0. The van der Waals surface area contributed by atoms with Crippen LogP contribution in [0.1, 0.15) is 29.5 Å². The van der Waals surface area contributed by atoms with Crippen molar-refractivity contribution in [1.82, 2.24) is 15.1 Å². The van der Waals surface area contributed by atoms with Gasteiger partial charge in [0, 0.05) is 10.7 Å². The van der Waals surface area contributed by atoms with E-state index in [0.717, 1.165) is 0 Å². The Kier molecular flexibility index (Phi) is 5.28.